The molecule has 0 aliphatic heterocycles. The van der Waals surface area contributed by atoms with Crippen molar-refractivity contribution in [2.24, 2.45) is 5.92 Å². The Kier molecular flexibility index (Phi) is 2.99. The van der Waals surface area contributed by atoms with Crippen LogP contribution in [0, 0.1) is 28.9 Å². The summed E-state index contributed by atoms with van der Waals surface area (Å²) < 4.78 is 28.0. The number of halogens is 2. The topological polar surface area (TPSA) is 49.6 Å². The summed E-state index contributed by atoms with van der Waals surface area (Å²) in [4.78, 5) is 0. The Bertz CT molecular complexity index is 822. The van der Waals surface area contributed by atoms with E-state index in [1.54, 1.807) is 6.07 Å². The highest BCUT2D eigenvalue weighted by Crippen LogP contribution is 2.61. The van der Waals surface area contributed by atoms with Crippen LogP contribution in [-0.4, -0.2) is 10.2 Å². The number of aromatic nitrogens is 2. The van der Waals surface area contributed by atoms with Crippen molar-refractivity contribution in [1.82, 2.24) is 10.2 Å². The van der Waals surface area contributed by atoms with Crippen LogP contribution in [0.3, 0.4) is 0 Å². The van der Waals surface area contributed by atoms with Crippen molar-refractivity contribution in [2.45, 2.75) is 37.5 Å². The molecule has 2 bridgehead atoms. The van der Waals surface area contributed by atoms with Gasteiger partial charge in [-0.1, -0.05) is 13.0 Å². The van der Waals surface area contributed by atoms with Crippen LogP contribution in [0.2, 0.25) is 0 Å². The van der Waals surface area contributed by atoms with Gasteiger partial charge in [0.15, 0.2) is 0 Å². The van der Waals surface area contributed by atoms with E-state index >= 15 is 0 Å². The second kappa shape index (κ2) is 4.82. The Morgan fingerprint density at radius 3 is 2.74 bits per heavy atom. The van der Waals surface area contributed by atoms with E-state index < -0.39 is 11.6 Å². The third-order valence-electron chi connectivity index (χ3n) is 5.68. The monoisotopic (exact) mass is 311 g/mol. The third-order valence-corrected chi connectivity index (χ3v) is 5.68. The third kappa shape index (κ3) is 1.78. The van der Waals surface area contributed by atoms with E-state index in [0.717, 1.165) is 24.1 Å². The molecular formula is C18H15F2N3. The maximum atomic E-state index is 14.0. The number of benzene rings is 1. The van der Waals surface area contributed by atoms with Crippen LogP contribution in [0.4, 0.5) is 8.78 Å². The van der Waals surface area contributed by atoms with Crippen molar-refractivity contribution < 1.29 is 8.78 Å². The Labute approximate surface area is 133 Å². The van der Waals surface area contributed by atoms with Gasteiger partial charge in [-0.15, -0.1) is 0 Å². The standard InChI is InChI=1S/C18H15F2N3/c1-10-11-5-6-18(10,7-8-21)17-12(11)9-15(22-23-17)16-13(19)3-2-4-14(16)20/h2-4,9-11H,5-7H2,1H3. The summed E-state index contributed by atoms with van der Waals surface area (Å²) in [6, 6.07) is 7.82. The number of hydrogen-bond donors (Lipinski definition) is 0. The number of fused-ring (bicyclic) bond motifs is 5. The molecule has 1 fully saturated rings. The molecule has 116 valence electrons. The minimum absolute atomic E-state index is 0.132. The highest BCUT2D eigenvalue weighted by molar-refractivity contribution is 5.62. The molecule has 3 unspecified atom stereocenters. The molecule has 1 saturated carbocycles. The molecule has 4 rings (SSSR count). The first kappa shape index (κ1) is 14.3. The zero-order valence-electron chi connectivity index (χ0n) is 12.7. The van der Waals surface area contributed by atoms with Crippen LogP contribution in [0.1, 0.15) is 43.4 Å². The van der Waals surface area contributed by atoms with Gasteiger partial charge in [0.1, 0.15) is 11.6 Å². The highest BCUT2D eigenvalue weighted by atomic mass is 19.1. The molecule has 1 heterocycles. The fourth-order valence-corrected chi connectivity index (χ4v) is 4.45. The molecule has 1 aromatic heterocycles. The van der Waals surface area contributed by atoms with Gasteiger partial charge in [0.25, 0.3) is 0 Å². The number of nitriles is 1. The molecular weight excluding hydrogens is 296 g/mol. The molecule has 2 aliphatic carbocycles. The number of nitrogens with zero attached hydrogens (tertiary/aromatic N) is 3. The lowest BCUT2D eigenvalue weighted by molar-refractivity contribution is 0.347. The van der Waals surface area contributed by atoms with E-state index in [0.29, 0.717) is 18.3 Å². The second-order valence-electron chi connectivity index (χ2n) is 6.56. The van der Waals surface area contributed by atoms with E-state index in [1.165, 1.54) is 18.2 Å². The molecule has 3 nitrogen and oxygen atoms in total. The molecule has 3 atom stereocenters. The fraction of sp³-hybridized carbons (Fsp3) is 0.389. The molecule has 1 aromatic carbocycles. The van der Waals surface area contributed by atoms with Crippen LogP contribution >= 0.6 is 0 Å². The van der Waals surface area contributed by atoms with E-state index in [1.807, 2.05) is 0 Å². The minimum Gasteiger partial charge on any atom is -0.206 e. The zero-order chi connectivity index (χ0) is 16.2. The summed E-state index contributed by atoms with van der Waals surface area (Å²) in [7, 11) is 0. The van der Waals surface area contributed by atoms with Gasteiger partial charge in [-0.2, -0.15) is 15.5 Å². The Morgan fingerprint density at radius 2 is 2.04 bits per heavy atom. The SMILES string of the molecule is CC1C2CCC1(CC#N)c1nnc(-c3c(F)cccc3F)cc12. The first-order valence-corrected chi connectivity index (χ1v) is 7.78. The van der Waals surface area contributed by atoms with Crippen molar-refractivity contribution in [2.75, 3.05) is 0 Å². The summed E-state index contributed by atoms with van der Waals surface area (Å²) in [5.74, 6) is -0.668. The molecule has 0 N–H and O–H groups in total. The quantitative estimate of drug-likeness (QED) is 0.839. The maximum absolute atomic E-state index is 14.0. The fourth-order valence-electron chi connectivity index (χ4n) is 4.45. The van der Waals surface area contributed by atoms with Gasteiger partial charge in [0.05, 0.1) is 23.0 Å². The largest absolute Gasteiger partial charge is 0.206 e. The highest BCUT2D eigenvalue weighted by Gasteiger charge is 2.56. The molecule has 2 aromatic rings. The zero-order valence-corrected chi connectivity index (χ0v) is 12.7. The summed E-state index contributed by atoms with van der Waals surface area (Å²) in [6.07, 6.45) is 2.34. The molecule has 0 spiro atoms. The predicted molar refractivity (Wildman–Crippen MR) is 80.4 cm³/mol. The average Bonchev–Trinajstić information content (AvgIpc) is 2.96. The van der Waals surface area contributed by atoms with Crippen molar-refractivity contribution >= 4 is 0 Å². The Hall–Kier alpha value is -2.35. The van der Waals surface area contributed by atoms with Gasteiger partial charge in [0, 0.05) is 11.8 Å². The van der Waals surface area contributed by atoms with Gasteiger partial charge in [-0.25, -0.2) is 8.78 Å². The van der Waals surface area contributed by atoms with Crippen molar-refractivity contribution in [3.05, 3.63) is 47.2 Å². The van der Waals surface area contributed by atoms with Crippen LogP contribution in [0.5, 0.6) is 0 Å². The van der Waals surface area contributed by atoms with Gasteiger partial charge in [0.2, 0.25) is 0 Å². The molecule has 5 heteroatoms. The normalized spacial score (nSPS) is 27.7. The first-order valence-electron chi connectivity index (χ1n) is 7.78. The molecule has 0 saturated heterocycles. The average molecular weight is 311 g/mol. The smallest absolute Gasteiger partial charge is 0.135 e. The summed E-state index contributed by atoms with van der Waals surface area (Å²) in [5, 5.41) is 17.6. The van der Waals surface area contributed by atoms with Crippen molar-refractivity contribution in [1.29, 1.82) is 5.26 Å². The second-order valence-corrected chi connectivity index (χ2v) is 6.56. The molecule has 0 radical (unpaired) electrons. The minimum atomic E-state index is -0.637. The van der Waals surface area contributed by atoms with Crippen molar-refractivity contribution in [3.63, 3.8) is 0 Å². The van der Waals surface area contributed by atoms with Gasteiger partial charge in [-0.05, 0) is 48.4 Å². The van der Waals surface area contributed by atoms with E-state index in [2.05, 4.69) is 23.2 Å². The van der Waals surface area contributed by atoms with Crippen LogP contribution in [0.25, 0.3) is 11.3 Å². The lowest BCUT2D eigenvalue weighted by Crippen LogP contribution is -2.27. The van der Waals surface area contributed by atoms with Crippen LogP contribution in [-0.2, 0) is 5.41 Å². The molecule has 23 heavy (non-hydrogen) atoms. The lowest BCUT2D eigenvalue weighted by atomic mass is 9.76. The predicted octanol–water partition coefficient (Wildman–Crippen LogP) is 4.10. The van der Waals surface area contributed by atoms with Crippen LogP contribution < -0.4 is 0 Å². The van der Waals surface area contributed by atoms with E-state index in [9.17, 15) is 14.0 Å². The Balaban J connectivity index is 1.88. The van der Waals surface area contributed by atoms with E-state index in [4.69, 9.17) is 0 Å². The van der Waals surface area contributed by atoms with Gasteiger partial charge < -0.3 is 0 Å². The number of hydrogen-bond acceptors (Lipinski definition) is 3. The van der Waals surface area contributed by atoms with Crippen LogP contribution in [0.15, 0.2) is 24.3 Å². The van der Waals surface area contributed by atoms with Crippen molar-refractivity contribution in [3.8, 4) is 17.3 Å². The molecule has 0 amide bonds. The summed E-state index contributed by atoms with van der Waals surface area (Å²) >= 11 is 0. The maximum Gasteiger partial charge on any atom is 0.135 e. The Morgan fingerprint density at radius 1 is 1.30 bits per heavy atom. The summed E-state index contributed by atoms with van der Waals surface area (Å²) in [6.45, 7) is 2.14. The number of rotatable bonds is 2. The first-order chi connectivity index (χ1) is 11.1. The van der Waals surface area contributed by atoms with E-state index in [-0.39, 0.29) is 16.7 Å². The van der Waals surface area contributed by atoms with Gasteiger partial charge >= 0.3 is 0 Å². The lowest BCUT2D eigenvalue weighted by Gasteiger charge is -2.27. The molecule has 2 aliphatic rings. The summed E-state index contributed by atoms with van der Waals surface area (Å²) in [5.41, 5.74) is 1.71. The van der Waals surface area contributed by atoms with Gasteiger partial charge in [-0.3, -0.25) is 0 Å².